The number of carbonyl (C=O) groups is 1. The second-order valence-corrected chi connectivity index (χ2v) is 10.0. The number of anilines is 1. The first-order valence-electron chi connectivity index (χ1n) is 12.3. The van der Waals surface area contributed by atoms with E-state index in [1.807, 2.05) is 35.2 Å². The average Bonchev–Trinajstić information content (AvgIpc) is 3.33. The van der Waals surface area contributed by atoms with Crippen molar-refractivity contribution in [2.24, 2.45) is 5.10 Å². The smallest absolute Gasteiger partial charge is 0.257 e. The molecule has 1 atom stereocenters. The quantitative estimate of drug-likeness (QED) is 0.454. The van der Waals surface area contributed by atoms with Gasteiger partial charge in [0, 0.05) is 37.6 Å². The van der Waals surface area contributed by atoms with Crippen molar-refractivity contribution in [2.75, 3.05) is 37.6 Å². The summed E-state index contributed by atoms with van der Waals surface area (Å²) in [6.45, 7) is 7.18. The molecule has 0 radical (unpaired) electrons. The number of hydrogen-bond acceptors (Lipinski definition) is 4. The number of aryl methyl sites for hydroxylation is 2. The van der Waals surface area contributed by atoms with Crippen molar-refractivity contribution in [3.63, 3.8) is 0 Å². The van der Waals surface area contributed by atoms with E-state index in [-0.39, 0.29) is 24.3 Å². The van der Waals surface area contributed by atoms with Crippen molar-refractivity contribution in [3.8, 4) is 0 Å². The predicted molar refractivity (Wildman–Crippen MR) is 143 cm³/mol. The number of rotatable bonds is 5. The Bertz CT molecular complexity index is 1280. The summed E-state index contributed by atoms with van der Waals surface area (Å²) in [6, 6.07) is 20.6. The van der Waals surface area contributed by atoms with E-state index in [4.69, 9.17) is 16.7 Å². The van der Waals surface area contributed by atoms with E-state index in [1.54, 1.807) is 17.1 Å². The number of hydrazone groups is 1. The molecule has 186 valence electrons. The van der Waals surface area contributed by atoms with E-state index in [9.17, 15) is 9.18 Å². The number of carbonyl (C=O) groups excluding carboxylic acids is 1. The fraction of sp³-hybridized carbons (Fsp3) is 0.310. The van der Waals surface area contributed by atoms with Crippen LogP contribution in [0.5, 0.6) is 0 Å². The van der Waals surface area contributed by atoms with Crippen molar-refractivity contribution in [3.05, 3.63) is 99.8 Å². The van der Waals surface area contributed by atoms with Gasteiger partial charge in [0.05, 0.1) is 24.0 Å². The Labute approximate surface area is 216 Å². The van der Waals surface area contributed by atoms with Crippen molar-refractivity contribution in [1.29, 1.82) is 0 Å². The SMILES string of the molecule is Cc1ccc(C2=NN(C(=O)CN3CCN(c4ccccc4F)CC3)[C@H](c3ccc(Cl)cc3)C2)cc1C. The van der Waals surface area contributed by atoms with Gasteiger partial charge < -0.3 is 4.90 Å². The summed E-state index contributed by atoms with van der Waals surface area (Å²) in [5.74, 6) is -0.244. The highest BCUT2D eigenvalue weighted by Gasteiger charge is 2.34. The molecule has 36 heavy (non-hydrogen) atoms. The van der Waals surface area contributed by atoms with Gasteiger partial charge in [0.1, 0.15) is 5.82 Å². The number of nitrogens with zero attached hydrogens (tertiary/aromatic N) is 4. The summed E-state index contributed by atoms with van der Waals surface area (Å²) in [5, 5.41) is 7.14. The molecule has 0 spiro atoms. The molecule has 2 aliphatic heterocycles. The highest BCUT2D eigenvalue weighted by atomic mass is 35.5. The zero-order valence-corrected chi connectivity index (χ0v) is 21.4. The minimum atomic E-state index is -0.210. The van der Waals surface area contributed by atoms with Crippen LogP contribution in [0.1, 0.15) is 34.7 Å². The first-order chi connectivity index (χ1) is 17.4. The molecule has 1 amide bonds. The van der Waals surface area contributed by atoms with Gasteiger partial charge in [-0.2, -0.15) is 5.10 Å². The Kier molecular flexibility index (Phi) is 7.08. The third-order valence-corrected chi connectivity index (χ3v) is 7.44. The second kappa shape index (κ2) is 10.4. The largest absolute Gasteiger partial charge is 0.367 e. The molecule has 3 aromatic carbocycles. The fourth-order valence-electron chi connectivity index (χ4n) is 4.90. The third-order valence-electron chi connectivity index (χ3n) is 7.19. The van der Waals surface area contributed by atoms with E-state index in [0.29, 0.717) is 43.3 Å². The van der Waals surface area contributed by atoms with Crippen LogP contribution in [0.25, 0.3) is 0 Å². The van der Waals surface area contributed by atoms with Crippen molar-refractivity contribution in [1.82, 2.24) is 9.91 Å². The average molecular weight is 505 g/mol. The first kappa shape index (κ1) is 24.5. The van der Waals surface area contributed by atoms with E-state index in [2.05, 4.69) is 36.9 Å². The molecule has 0 saturated carbocycles. The molecule has 2 heterocycles. The minimum absolute atomic E-state index is 0.0341. The standard InChI is InChI=1S/C29H30ClFN4O/c1-20-7-8-23(17-21(20)2)26-18-28(22-9-11-24(30)12-10-22)35(32-26)29(36)19-33-13-15-34(16-14-33)27-6-4-3-5-25(27)31/h3-12,17,28H,13-16,18-19H2,1-2H3/t28-/m0/s1. The third kappa shape index (κ3) is 5.15. The fourth-order valence-corrected chi connectivity index (χ4v) is 5.03. The molecular weight excluding hydrogens is 475 g/mol. The molecule has 0 unspecified atom stereocenters. The summed E-state index contributed by atoms with van der Waals surface area (Å²) in [5.41, 5.74) is 6.03. The normalized spacial score (nSPS) is 18.4. The number of hydrogen-bond donors (Lipinski definition) is 0. The van der Waals surface area contributed by atoms with Crippen LogP contribution < -0.4 is 4.90 Å². The lowest BCUT2D eigenvalue weighted by Gasteiger charge is -2.36. The lowest BCUT2D eigenvalue weighted by Crippen LogP contribution is -2.49. The summed E-state index contributed by atoms with van der Waals surface area (Å²) in [6.07, 6.45) is 0.650. The molecule has 1 saturated heterocycles. The van der Waals surface area contributed by atoms with Gasteiger partial charge in [-0.25, -0.2) is 9.40 Å². The summed E-state index contributed by atoms with van der Waals surface area (Å²) < 4.78 is 14.2. The molecule has 0 N–H and O–H groups in total. The van der Waals surface area contributed by atoms with Gasteiger partial charge in [0.15, 0.2) is 0 Å². The number of piperazine rings is 1. The molecule has 0 bridgehead atoms. The van der Waals surface area contributed by atoms with Crippen LogP contribution >= 0.6 is 11.6 Å². The highest BCUT2D eigenvalue weighted by Crippen LogP contribution is 2.34. The Morgan fingerprint density at radius 2 is 1.69 bits per heavy atom. The van der Waals surface area contributed by atoms with Gasteiger partial charge in [-0.05, 0) is 66.4 Å². The van der Waals surface area contributed by atoms with Crippen LogP contribution in [0.4, 0.5) is 10.1 Å². The molecule has 5 nitrogen and oxygen atoms in total. The topological polar surface area (TPSA) is 39.2 Å². The molecule has 1 fully saturated rings. The second-order valence-electron chi connectivity index (χ2n) is 9.57. The monoisotopic (exact) mass is 504 g/mol. The lowest BCUT2D eigenvalue weighted by molar-refractivity contribution is -0.134. The van der Waals surface area contributed by atoms with Gasteiger partial charge in [-0.1, -0.05) is 48.0 Å². The predicted octanol–water partition coefficient (Wildman–Crippen LogP) is 5.60. The molecular formula is C29H30ClFN4O. The molecule has 3 aromatic rings. The molecule has 0 aromatic heterocycles. The lowest BCUT2D eigenvalue weighted by atomic mass is 9.96. The molecule has 5 rings (SSSR count). The van der Waals surface area contributed by atoms with Crippen LogP contribution in [-0.2, 0) is 4.79 Å². The Morgan fingerprint density at radius 1 is 0.972 bits per heavy atom. The van der Waals surface area contributed by atoms with E-state index >= 15 is 0 Å². The Balaban J connectivity index is 1.32. The van der Waals surface area contributed by atoms with Gasteiger partial charge in [0.25, 0.3) is 5.91 Å². The summed E-state index contributed by atoms with van der Waals surface area (Å²) in [4.78, 5) is 17.7. The van der Waals surface area contributed by atoms with Gasteiger partial charge in [-0.15, -0.1) is 0 Å². The number of amides is 1. The Morgan fingerprint density at radius 3 is 2.39 bits per heavy atom. The van der Waals surface area contributed by atoms with E-state index in [1.165, 1.54) is 17.2 Å². The zero-order valence-electron chi connectivity index (χ0n) is 20.6. The summed E-state index contributed by atoms with van der Waals surface area (Å²) in [7, 11) is 0. The number of para-hydroxylation sites is 1. The molecule has 0 aliphatic carbocycles. The van der Waals surface area contributed by atoms with Gasteiger partial charge in [0.2, 0.25) is 0 Å². The maximum atomic E-state index is 14.2. The van der Waals surface area contributed by atoms with Crippen LogP contribution in [0.3, 0.4) is 0 Å². The maximum Gasteiger partial charge on any atom is 0.257 e. The van der Waals surface area contributed by atoms with Crippen molar-refractivity contribution < 1.29 is 9.18 Å². The van der Waals surface area contributed by atoms with Crippen LogP contribution in [-0.4, -0.2) is 54.3 Å². The first-order valence-corrected chi connectivity index (χ1v) is 12.7. The highest BCUT2D eigenvalue weighted by molar-refractivity contribution is 6.30. The van der Waals surface area contributed by atoms with Crippen LogP contribution in [0, 0.1) is 19.7 Å². The Hall–Kier alpha value is -3.22. The zero-order chi connectivity index (χ0) is 25.2. The molecule has 2 aliphatic rings. The number of benzene rings is 3. The van der Waals surface area contributed by atoms with Gasteiger partial charge in [-0.3, -0.25) is 9.69 Å². The minimum Gasteiger partial charge on any atom is -0.367 e. The molecule has 7 heteroatoms. The summed E-state index contributed by atoms with van der Waals surface area (Å²) >= 11 is 6.13. The number of halogens is 2. The van der Waals surface area contributed by atoms with E-state index < -0.39 is 0 Å². The van der Waals surface area contributed by atoms with Crippen LogP contribution in [0.2, 0.25) is 5.02 Å². The van der Waals surface area contributed by atoms with Crippen LogP contribution in [0.15, 0.2) is 71.8 Å². The maximum absolute atomic E-state index is 14.2. The van der Waals surface area contributed by atoms with E-state index in [0.717, 1.165) is 16.8 Å². The van der Waals surface area contributed by atoms with Gasteiger partial charge >= 0.3 is 0 Å². The van der Waals surface area contributed by atoms with Crippen molar-refractivity contribution in [2.45, 2.75) is 26.3 Å². The van der Waals surface area contributed by atoms with Crippen molar-refractivity contribution >= 4 is 28.9 Å².